The van der Waals surface area contributed by atoms with Crippen molar-refractivity contribution in [1.29, 1.82) is 0 Å². The quantitative estimate of drug-likeness (QED) is 0.772. The van der Waals surface area contributed by atoms with E-state index < -0.39 is 0 Å². The molecular formula is C23H19NO2. The second-order valence-corrected chi connectivity index (χ2v) is 7.41. The lowest BCUT2D eigenvalue weighted by molar-refractivity contribution is -0.116. The van der Waals surface area contributed by atoms with Crippen LogP contribution in [0.4, 0.5) is 0 Å². The number of allylic oxidation sites excluding steroid dienone is 2. The number of aryl methyl sites for hydroxylation is 1. The van der Waals surface area contributed by atoms with Crippen molar-refractivity contribution in [3.63, 3.8) is 0 Å². The van der Waals surface area contributed by atoms with Gasteiger partial charge in [-0.2, -0.15) is 0 Å². The van der Waals surface area contributed by atoms with Crippen LogP contribution in [0.2, 0.25) is 0 Å². The molecule has 0 saturated carbocycles. The predicted molar refractivity (Wildman–Crippen MR) is 101 cm³/mol. The van der Waals surface area contributed by atoms with Gasteiger partial charge < -0.3 is 0 Å². The van der Waals surface area contributed by atoms with Crippen molar-refractivity contribution in [1.82, 2.24) is 0 Å². The standard InChI is InChI=1S/C23H19NO2/c1-13-6-4-7-14(12-13)19-20-17(10-5-11-18(20)25)24-22-15-8-2-3-9-16(15)23(26)21(19)22/h2-4,6-9,12,19,21H,5,10-11H2,1H3/t19-,21+/m1/s1. The first-order valence-electron chi connectivity index (χ1n) is 9.20. The summed E-state index contributed by atoms with van der Waals surface area (Å²) in [5.41, 5.74) is 6.38. The van der Waals surface area contributed by atoms with Gasteiger partial charge in [0.1, 0.15) is 0 Å². The van der Waals surface area contributed by atoms with Gasteiger partial charge in [-0.05, 0) is 25.3 Å². The van der Waals surface area contributed by atoms with Gasteiger partial charge in [-0.3, -0.25) is 14.6 Å². The normalized spacial score (nSPS) is 24.1. The fraction of sp³-hybridized carbons (Fsp3) is 0.261. The van der Waals surface area contributed by atoms with Crippen LogP contribution in [-0.2, 0) is 4.79 Å². The van der Waals surface area contributed by atoms with E-state index in [1.54, 1.807) is 0 Å². The zero-order chi connectivity index (χ0) is 17.8. The third kappa shape index (κ3) is 2.10. The molecular weight excluding hydrogens is 322 g/mol. The summed E-state index contributed by atoms with van der Waals surface area (Å²) in [6.45, 7) is 2.05. The summed E-state index contributed by atoms with van der Waals surface area (Å²) in [4.78, 5) is 31.0. The Bertz CT molecular complexity index is 1030. The van der Waals surface area contributed by atoms with Crippen LogP contribution in [0.3, 0.4) is 0 Å². The number of hydrogen-bond donors (Lipinski definition) is 0. The highest BCUT2D eigenvalue weighted by atomic mass is 16.1. The average Bonchev–Trinajstić information content (AvgIpc) is 2.93. The number of carbonyl (C=O) groups excluding carboxylic acids is 2. The molecule has 0 amide bonds. The van der Waals surface area contributed by atoms with Crippen molar-refractivity contribution in [2.75, 3.05) is 0 Å². The van der Waals surface area contributed by atoms with Gasteiger partial charge in [0.25, 0.3) is 0 Å². The van der Waals surface area contributed by atoms with Crippen molar-refractivity contribution in [2.24, 2.45) is 10.9 Å². The molecule has 128 valence electrons. The van der Waals surface area contributed by atoms with Crippen LogP contribution in [0.5, 0.6) is 0 Å². The summed E-state index contributed by atoms with van der Waals surface area (Å²) in [5, 5.41) is 0. The van der Waals surface area contributed by atoms with E-state index in [0.29, 0.717) is 6.42 Å². The predicted octanol–water partition coefficient (Wildman–Crippen LogP) is 4.40. The zero-order valence-electron chi connectivity index (χ0n) is 14.7. The molecule has 1 heterocycles. The first kappa shape index (κ1) is 15.4. The maximum Gasteiger partial charge on any atom is 0.173 e. The Hall–Kier alpha value is -2.81. The van der Waals surface area contributed by atoms with E-state index in [-0.39, 0.29) is 23.4 Å². The molecule has 3 heteroatoms. The number of rotatable bonds is 1. The minimum Gasteiger partial charge on any atom is -0.294 e. The minimum atomic E-state index is -0.380. The first-order chi connectivity index (χ1) is 12.6. The molecule has 0 spiro atoms. The highest BCUT2D eigenvalue weighted by Crippen LogP contribution is 2.48. The smallest absolute Gasteiger partial charge is 0.173 e. The molecule has 1 aliphatic heterocycles. The highest BCUT2D eigenvalue weighted by Gasteiger charge is 2.48. The third-order valence-electron chi connectivity index (χ3n) is 5.78. The number of benzene rings is 2. The molecule has 26 heavy (non-hydrogen) atoms. The van der Waals surface area contributed by atoms with Crippen molar-refractivity contribution < 1.29 is 9.59 Å². The van der Waals surface area contributed by atoms with Crippen molar-refractivity contribution >= 4 is 17.3 Å². The van der Waals surface area contributed by atoms with Gasteiger partial charge >= 0.3 is 0 Å². The molecule has 0 N–H and O–H groups in total. The molecule has 5 rings (SSSR count). The van der Waals surface area contributed by atoms with Crippen molar-refractivity contribution in [3.05, 3.63) is 82.1 Å². The van der Waals surface area contributed by atoms with E-state index in [1.165, 1.54) is 0 Å². The van der Waals surface area contributed by atoms with E-state index in [4.69, 9.17) is 4.99 Å². The van der Waals surface area contributed by atoms with Crippen LogP contribution in [0.25, 0.3) is 0 Å². The van der Waals surface area contributed by atoms with Gasteiger partial charge in [0.05, 0.1) is 11.6 Å². The SMILES string of the molecule is Cc1cccc([C@@H]2C3=C(CCCC3=O)N=C3c4ccccc4C(=O)[C@H]32)c1. The molecule has 3 aliphatic rings. The highest BCUT2D eigenvalue weighted by molar-refractivity contribution is 6.30. The zero-order valence-corrected chi connectivity index (χ0v) is 14.7. The second-order valence-electron chi connectivity index (χ2n) is 7.41. The summed E-state index contributed by atoms with van der Waals surface area (Å²) in [5.74, 6) is -0.347. The molecule has 0 bridgehead atoms. The average molecular weight is 341 g/mol. The van der Waals surface area contributed by atoms with E-state index in [1.807, 2.05) is 49.4 Å². The lowest BCUT2D eigenvalue weighted by atomic mass is 9.71. The number of ketones is 2. The molecule has 0 fully saturated rings. The first-order valence-corrected chi connectivity index (χ1v) is 9.20. The van der Waals surface area contributed by atoms with Gasteiger partial charge in [0.2, 0.25) is 0 Å². The maximum absolute atomic E-state index is 13.3. The van der Waals surface area contributed by atoms with E-state index in [9.17, 15) is 9.59 Å². The topological polar surface area (TPSA) is 46.5 Å². The fourth-order valence-electron chi connectivity index (χ4n) is 4.67. The maximum atomic E-state index is 13.3. The van der Waals surface area contributed by atoms with Gasteiger partial charge in [-0.25, -0.2) is 0 Å². The summed E-state index contributed by atoms with van der Waals surface area (Å²) >= 11 is 0. The van der Waals surface area contributed by atoms with E-state index in [2.05, 4.69) is 6.07 Å². The van der Waals surface area contributed by atoms with Crippen molar-refractivity contribution in [2.45, 2.75) is 32.1 Å². The Morgan fingerprint density at radius 1 is 0.923 bits per heavy atom. The number of Topliss-reactive ketones (excluding diaryl/α,β-unsaturated/α-hetero) is 2. The Labute approximate surface area is 152 Å². The van der Waals surface area contributed by atoms with Crippen LogP contribution in [0, 0.1) is 12.8 Å². The monoisotopic (exact) mass is 341 g/mol. The number of fused-ring (bicyclic) bond motifs is 3. The molecule has 2 aromatic carbocycles. The van der Waals surface area contributed by atoms with Gasteiger partial charge in [-0.15, -0.1) is 0 Å². The summed E-state index contributed by atoms with van der Waals surface area (Å²) in [6, 6.07) is 15.9. The van der Waals surface area contributed by atoms with Gasteiger partial charge in [0.15, 0.2) is 11.6 Å². The lowest BCUT2D eigenvalue weighted by Gasteiger charge is -2.33. The van der Waals surface area contributed by atoms with Crippen LogP contribution in [-0.4, -0.2) is 17.3 Å². The van der Waals surface area contributed by atoms with Crippen LogP contribution < -0.4 is 0 Å². The van der Waals surface area contributed by atoms with Crippen LogP contribution in [0.15, 0.2) is 64.8 Å². The minimum absolute atomic E-state index is 0.0933. The van der Waals surface area contributed by atoms with E-state index in [0.717, 1.165) is 52.1 Å². The Kier molecular flexibility index (Phi) is 3.33. The summed E-state index contributed by atoms with van der Waals surface area (Å²) in [7, 11) is 0. The third-order valence-corrected chi connectivity index (χ3v) is 5.78. The molecule has 0 unspecified atom stereocenters. The Morgan fingerprint density at radius 2 is 1.73 bits per heavy atom. The fourth-order valence-corrected chi connectivity index (χ4v) is 4.67. The lowest BCUT2D eigenvalue weighted by Crippen LogP contribution is -2.33. The molecule has 2 aliphatic carbocycles. The van der Waals surface area contributed by atoms with Gasteiger partial charge in [0, 0.05) is 34.7 Å². The molecule has 0 saturated heterocycles. The molecule has 0 radical (unpaired) electrons. The number of carbonyl (C=O) groups is 2. The molecule has 2 atom stereocenters. The number of hydrogen-bond acceptors (Lipinski definition) is 3. The van der Waals surface area contributed by atoms with Crippen LogP contribution in [0.1, 0.15) is 52.2 Å². The number of aliphatic imine (C=N–C) groups is 1. The largest absolute Gasteiger partial charge is 0.294 e. The van der Waals surface area contributed by atoms with Crippen LogP contribution >= 0.6 is 0 Å². The molecule has 3 nitrogen and oxygen atoms in total. The Morgan fingerprint density at radius 3 is 2.54 bits per heavy atom. The number of nitrogens with zero attached hydrogens (tertiary/aromatic N) is 1. The summed E-state index contributed by atoms with van der Waals surface area (Å²) < 4.78 is 0. The van der Waals surface area contributed by atoms with E-state index >= 15 is 0 Å². The second kappa shape index (κ2) is 5.60. The summed E-state index contributed by atoms with van der Waals surface area (Å²) in [6.07, 6.45) is 2.21. The van der Waals surface area contributed by atoms with Gasteiger partial charge in [-0.1, -0.05) is 54.1 Å². The van der Waals surface area contributed by atoms with Crippen molar-refractivity contribution in [3.8, 4) is 0 Å². The Balaban J connectivity index is 1.78. The molecule has 2 aromatic rings. The molecule has 0 aromatic heterocycles.